The highest BCUT2D eigenvalue weighted by Gasteiger charge is 2.14. The molecule has 2 N–H and O–H groups in total. The van der Waals surface area contributed by atoms with E-state index in [2.05, 4.69) is 0 Å². The second-order valence-electron chi connectivity index (χ2n) is 4.87. The fraction of sp³-hybridized carbons (Fsp3) is 0.533. The number of likely N-dealkylation sites (N-methyl/N-ethyl adjacent to an activating group) is 2. The summed E-state index contributed by atoms with van der Waals surface area (Å²) in [5, 5.41) is 0. The molecule has 0 aliphatic heterocycles. The molecule has 0 atom stereocenters. The average molecular weight is 281 g/mol. The Morgan fingerprint density at radius 3 is 2.50 bits per heavy atom. The van der Waals surface area contributed by atoms with Gasteiger partial charge in [0.1, 0.15) is 5.82 Å². The van der Waals surface area contributed by atoms with Crippen molar-refractivity contribution in [3.05, 3.63) is 35.1 Å². The molecule has 1 aromatic rings. The van der Waals surface area contributed by atoms with E-state index in [0.717, 1.165) is 5.56 Å². The summed E-state index contributed by atoms with van der Waals surface area (Å²) < 4.78 is 13.7. The van der Waals surface area contributed by atoms with Gasteiger partial charge >= 0.3 is 0 Å². The SMILES string of the molecule is CCN(CC)C(=O)CN(C)Cc1cc(CN)ccc1F. The third-order valence-electron chi connectivity index (χ3n) is 3.31. The van der Waals surface area contributed by atoms with Gasteiger partial charge in [-0.3, -0.25) is 9.69 Å². The Morgan fingerprint density at radius 2 is 1.95 bits per heavy atom. The largest absolute Gasteiger partial charge is 0.342 e. The quantitative estimate of drug-likeness (QED) is 0.825. The van der Waals surface area contributed by atoms with Crippen molar-refractivity contribution in [1.82, 2.24) is 9.80 Å². The van der Waals surface area contributed by atoms with E-state index < -0.39 is 0 Å². The normalized spacial score (nSPS) is 10.9. The van der Waals surface area contributed by atoms with Crippen LogP contribution in [0.25, 0.3) is 0 Å². The molecule has 0 radical (unpaired) electrons. The third-order valence-corrected chi connectivity index (χ3v) is 3.31. The molecule has 0 fully saturated rings. The molecular weight excluding hydrogens is 257 g/mol. The predicted molar refractivity (Wildman–Crippen MR) is 78.6 cm³/mol. The van der Waals surface area contributed by atoms with Crippen molar-refractivity contribution in [2.75, 3.05) is 26.7 Å². The molecule has 1 aromatic carbocycles. The minimum absolute atomic E-state index is 0.0629. The highest BCUT2D eigenvalue weighted by Crippen LogP contribution is 2.12. The number of amides is 1. The number of nitrogens with two attached hydrogens (primary N) is 1. The molecule has 0 aromatic heterocycles. The molecule has 20 heavy (non-hydrogen) atoms. The summed E-state index contributed by atoms with van der Waals surface area (Å²) in [4.78, 5) is 15.6. The van der Waals surface area contributed by atoms with Crippen LogP contribution in [0.5, 0.6) is 0 Å². The fourth-order valence-electron chi connectivity index (χ4n) is 2.13. The lowest BCUT2D eigenvalue weighted by molar-refractivity contribution is -0.131. The first-order valence-electron chi connectivity index (χ1n) is 6.95. The van der Waals surface area contributed by atoms with Crippen LogP contribution in [0, 0.1) is 5.82 Å². The van der Waals surface area contributed by atoms with Crippen LogP contribution >= 0.6 is 0 Å². The zero-order chi connectivity index (χ0) is 15.1. The zero-order valence-electron chi connectivity index (χ0n) is 12.5. The van der Waals surface area contributed by atoms with Crippen molar-refractivity contribution >= 4 is 5.91 Å². The number of carbonyl (C=O) groups is 1. The number of rotatable bonds is 7. The second-order valence-corrected chi connectivity index (χ2v) is 4.87. The third kappa shape index (κ3) is 4.58. The van der Waals surface area contributed by atoms with Gasteiger partial charge < -0.3 is 10.6 Å². The Kier molecular flexibility index (Phi) is 6.61. The average Bonchev–Trinajstić information content (AvgIpc) is 2.42. The van der Waals surface area contributed by atoms with Crippen molar-refractivity contribution < 1.29 is 9.18 Å². The van der Waals surface area contributed by atoms with Gasteiger partial charge in [-0.2, -0.15) is 0 Å². The minimum atomic E-state index is -0.260. The maximum Gasteiger partial charge on any atom is 0.236 e. The van der Waals surface area contributed by atoms with E-state index in [1.54, 1.807) is 17.0 Å². The topological polar surface area (TPSA) is 49.6 Å². The summed E-state index contributed by atoms with van der Waals surface area (Å²) in [5.74, 6) is -0.197. The van der Waals surface area contributed by atoms with E-state index in [1.165, 1.54) is 6.07 Å². The van der Waals surface area contributed by atoms with Crippen LogP contribution in [0.4, 0.5) is 4.39 Å². The van der Waals surface area contributed by atoms with Gasteiger partial charge in [-0.05, 0) is 32.5 Å². The van der Waals surface area contributed by atoms with Crippen LogP contribution in [0.3, 0.4) is 0 Å². The van der Waals surface area contributed by atoms with Gasteiger partial charge in [0, 0.05) is 31.7 Å². The molecular formula is C15H24FN3O. The molecule has 0 heterocycles. The molecule has 0 spiro atoms. The Morgan fingerprint density at radius 1 is 1.30 bits per heavy atom. The number of hydrogen-bond donors (Lipinski definition) is 1. The summed E-state index contributed by atoms with van der Waals surface area (Å²) in [6, 6.07) is 4.87. The summed E-state index contributed by atoms with van der Waals surface area (Å²) >= 11 is 0. The summed E-state index contributed by atoms with van der Waals surface area (Å²) in [7, 11) is 1.82. The first kappa shape index (κ1) is 16.6. The Labute approximate surface area is 120 Å². The van der Waals surface area contributed by atoms with Crippen molar-refractivity contribution in [2.45, 2.75) is 26.9 Å². The molecule has 0 unspecified atom stereocenters. The van der Waals surface area contributed by atoms with Crippen molar-refractivity contribution in [3.8, 4) is 0 Å². The minimum Gasteiger partial charge on any atom is -0.342 e. The smallest absolute Gasteiger partial charge is 0.236 e. The van der Waals surface area contributed by atoms with Crippen molar-refractivity contribution in [3.63, 3.8) is 0 Å². The highest BCUT2D eigenvalue weighted by atomic mass is 19.1. The summed E-state index contributed by atoms with van der Waals surface area (Å²) in [6.45, 7) is 6.36. The zero-order valence-corrected chi connectivity index (χ0v) is 12.5. The molecule has 1 amide bonds. The van der Waals surface area contributed by atoms with E-state index in [9.17, 15) is 9.18 Å². The number of halogens is 1. The number of hydrogen-bond acceptors (Lipinski definition) is 3. The van der Waals surface area contributed by atoms with Gasteiger partial charge in [-0.15, -0.1) is 0 Å². The van der Waals surface area contributed by atoms with E-state index in [1.807, 2.05) is 25.8 Å². The maximum atomic E-state index is 13.7. The van der Waals surface area contributed by atoms with E-state index in [-0.39, 0.29) is 18.3 Å². The van der Waals surface area contributed by atoms with Crippen LogP contribution in [-0.2, 0) is 17.9 Å². The second kappa shape index (κ2) is 7.97. The Bertz CT molecular complexity index is 447. The van der Waals surface area contributed by atoms with Gasteiger partial charge in [-0.25, -0.2) is 4.39 Å². The fourth-order valence-corrected chi connectivity index (χ4v) is 2.13. The standard InChI is InChI=1S/C15H24FN3O/c1-4-19(5-2)15(20)11-18(3)10-13-8-12(9-17)6-7-14(13)16/h6-8H,4-5,9-11,17H2,1-3H3. The lowest BCUT2D eigenvalue weighted by Crippen LogP contribution is -2.38. The van der Waals surface area contributed by atoms with E-state index in [0.29, 0.717) is 31.7 Å². The van der Waals surface area contributed by atoms with Gasteiger partial charge in [0.15, 0.2) is 0 Å². The van der Waals surface area contributed by atoms with E-state index in [4.69, 9.17) is 5.73 Å². The monoisotopic (exact) mass is 281 g/mol. The molecule has 0 aliphatic rings. The molecule has 112 valence electrons. The maximum absolute atomic E-state index is 13.7. The molecule has 4 nitrogen and oxygen atoms in total. The first-order valence-corrected chi connectivity index (χ1v) is 6.95. The lowest BCUT2D eigenvalue weighted by Gasteiger charge is -2.23. The Hall–Kier alpha value is -1.46. The first-order chi connectivity index (χ1) is 9.51. The molecule has 0 bridgehead atoms. The van der Waals surface area contributed by atoms with Crippen LogP contribution in [0.1, 0.15) is 25.0 Å². The van der Waals surface area contributed by atoms with Gasteiger partial charge in [0.2, 0.25) is 5.91 Å². The predicted octanol–water partition coefficient (Wildman–Crippen LogP) is 1.58. The van der Waals surface area contributed by atoms with Crippen LogP contribution in [0.15, 0.2) is 18.2 Å². The molecule has 1 rings (SSSR count). The Balaban J connectivity index is 2.66. The van der Waals surface area contributed by atoms with Crippen LogP contribution in [0.2, 0.25) is 0 Å². The van der Waals surface area contributed by atoms with Crippen molar-refractivity contribution in [2.24, 2.45) is 5.73 Å². The van der Waals surface area contributed by atoms with Gasteiger partial charge in [0.05, 0.1) is 6.54 Å². The number of benzene rings is 1. The van der Waals surface area contributed by atoms with E-state index >= 15 is 0 Å². The van der Waals surface area contributed by atoms with Gasteiger partial charge in [-0.1, -0.05) is 12.1 Å². The highest BCUT2D eigenvalue weighted by molar-refractivity contribution is 5.78. The van der Waals surface area contributed by atoms with Crippen LogP contribution in [-0.4, -0.2) is 42.4 Å². The molecule has 0 saturated carbocycles. The molecule has 0 aliphatic carbocycles. The lowest BCUT2D eigenvalue weighted by atomic mass is 10.1. The van der Waals surface area contributed by atoms with Crippen LogP contribution < -0.4 is 5.73 Å². The molecule has 0 saturated heterocycles. The number of carbonyl (C=O) groups excluding carboxylic acids is 1. The summed E-state index contributed by atoms with van der Waals surface area (Å²) in [6.07, 6.45) is 0. The molecule has 5 heteroatoms. The number of nitrogens with zero attached hydrogens (tertiary/aromatic N) is 2. The summed E-state index contributed by atoms with van der Waals surface area (Å²) in [5.41, 5.74) is 7.02. The van der Waals surface area contributed by atoms with Crippen molar-refractivity contribution in [1.29, 1.82) is 0 Å². The van der Waals surface area contributed by atoms with Gasteiger partial charge in [0.25, 0.3) is 0 Å².